The van der Waals surface area contributed by atoms with Crippen LogP contribution in [-0.4, -0.2) is 12.3 Å². The van der Waals surface area contributed by atoms with Crippen molar-refractivity contribution in [3.8, 4) is 23.1 Å². The lowest BCUT2D eigenvalue weighted by atomic mass is 10.1. The molecule has 0 aliphatic carbocycles. The molecule has 6 nitrogen and oxygen atoms in total. The maximum Gasteiger partial charge on any atom is 0.302 e. The Balaban J connectivity index is 2.64. The average molecular weight is 217 g/mol. The highest BCUT2D eigenvalue weighted by atomic mass is 16.8. The van der Waals surface area contributed by atoms with Crippen LogP contribution in [0.2, 0.25) is 0 Å². The van der Waals surface area contributed by atoms with Gasteiger partial charge in [-0.2, -0.15) is 5.26 Å². The minimum atomic E-state index is -0.190. The number of ether oxygens (including phenoxy) is 1. The van der Waals surface area contributed by atoms with E-state index in [4.69, 9.17) is 10.00 Å². The second-order valence-corrected chi connectivity index (χ2v) is 2.94. The number of nitrogens with zero attached hydrogens (tertiary/aromatic N) is 3. The van der Waals surface area contributed by atoms with Gasteiger partial charge in [0.1, 0.15) is 5.75 Å². The van der Waals surface area contributed by atoms with Crippen molar-refractivity contribution in [2.75, 3.05) is 7.11 Å². The standard InChI is InChI=1S/C10H7N3O3/c1-15-9-5-3-2-4-7(9)10-8(6-11)13(14)16-12-10/h2-5H,1H3. The van der Waals surface area contributed by atoms with Crippen molar-refractivity contribution in [3.63, 3.8) is 0 Å². The van der Waals surface area contributed by atoms with Crippen molar-refractivity contribution in [1.82, 2.24) is 5.16 Å². The van der Waals surface area contributed by atoms with Crippen molar-refractivity contribution in [1.29, 1.82) is 5.26 Å². The summed E-state index contributed by atoms with van der Waals surface area (Å²) in [7, 11) is 1.50. The lowest BCUT2D eigenvalue weighted by Crippen LogP contribution is -2.26. The summed E-state index contributed by atoms with van der Waals surface area (Å²) in [6.07, 6.45) is 0. The quantitative estimate of drug-likeness (QED) is 0.696. The van der Waals surface area contributed by atoms with Crippen LogP contribution in [0.5, 0.6) is 5.75 Å². The van der Waals surface area contributed by atoms with E-state index in [-0.39, 0.29) is 16.3 Å². The Bertz CT molecular complexity index is 557. The second-order valence-electron chi connectivity index (χ2n) is 2.94. The minimum absolute atomic E-state index is 0.0712. The molecule has 1 heterocycles. The van der Waals surface area contributed by atoms with Crippen LogP contribution in [-0.2, 0) is 0 Å². The Morgan fingerprint density at radius 1 is 1.50 bits per heavy atom. The lowest BCUT2D eigenvalue weighted by Gasteiger charge is -2.02. The third-order valence-corrected chi connectivity index (χ3v) is 2.08. The molecule has 16 heavy (non-hydrogen) atoms. The molecule has 0 saturated heterocycles. The maximum absolute atomic E-state index is 11.1. The fraction of sp³-hybridized carbons (Fsp3) is 0.100. The molecule has 2 rings (SSSR count). The van der Waals surface area contributed by atoms with Gasteiger partial charge in [-0.1, -0.05) is 12.1 Å². The predicted molar refractivity (Wildman–Crippen MR) is 52.2 cm³/mol. The van der Waals surface area contributed by atoms with Crippen LogP contribution in [0.1, 0.15) is 5.69 Å². The van der Waals surface area contributed by atoms with Gasteiger partial charge in [0.25, 0.3) is 5.69 Å². The Morgan fingerprint density at radius 3 is 2.94 bits per heavy atom. The van der Waals surface area contributed by atoms with E-state index in [0.29, 0.717) is 11.3 Å². The van der Waals surface area contributed by atoms with E-state index in [9.17, 15) is 5.21 Å². The zero-order valence-electron chi connectivity index (χ0n) is 8.38. The van der Waals surface area contributed by atoms with E-state index in [1.807, 2.05) is 0 Å². The summed E-state index contributed by atoms with van der Waals surface area (Å²) in [6, 6.07) is 8.66. The van der Waals surface area contributed by atoms with Gasteiger partial charge in [0, 0.05) is 5.16 Å². The van der Waals surface area contributed by atoms with E-state index in [2.05, 4.69) is 9.79 Å². The van der Waals surface area contributed by atoms with Gasteiger partial charge in [-0.3, -0.25) is 4.63 Å². The Labute approximate surface area is 90.8 Å². The normalized spacial score (nSPS) is 9.75. The van der Waals surface area contributed by atoms with E-state index < -0.39 is 0 Å². The summed E-state index contributed by atoms with van der Waals surface area (Å²) in [5.41, 5.74) is 0.527. The highest BCUT2D eigenvalue weighted by Crippen LogP contribution is 2.28. The number of methoxy groups -OCH3 is 1. The van der Waals surface area contributed by atoms with Crippen molar-refractivity contribution in [2.24, 2.45) is 0 Å². The predicted octanol–water partition coefficient (Wildman–Crippen LogP) is 0.855. The molecular weight excluding hydrogens is 210 g/mol. The first-order valence-electron chi connectivity index (χ1n) is 4.41. The van der Waals surface area contributed by atoms with E-state index >= 15 is 0 Å². The van der Waals surface area contributed by atoms with Gasteiger partial charge in [-0.05, 0) is 17.0 Å². The maximum atomic E-state index is 11.1. The first kappa shape index (κ1) is 9.98. The molecular formula is C10H7N3O3. The fourth-order valence-corrected chi connectivity index (χ4v) is 1.36. The van der Waals surface area contributed by atoms with Crippen LogP contribution in [0.25, 0.3) is 11.3 Å². The summed E-state index contributed by atoms with van der Waals surface area (Å²) in [6.45, 7) is 0. The largest absolute Gasteiger partial charge is 0.496 e. The molecule has 0 radical (unpaired) electrons. The number of hydrogen-bond acceptors (Lipinski definition) is 5. The topological polar surface area (TPSA) is 86.0 Å². The third kappa shape index (κ3) is 1.44. The highest BCUT2D eigenvalue weighted by Gasteiger charge is 2.23. The lowest BCUT2D eigenvalue weighted by molar-refractivity contribution is -0.804. The van der Waals surface area contributed by atoms with Crippen molar-refractivity contribution < 1.29 is 14.3 Å². The first-order chi connectivity index (χ1) is 7.77. The van der Waals surface area contributed by atoms with Crippen molar-refractivity contribution in [2.45, 2.75) is 0 Å². The summed E-state index contributed by atoms with van der Waals surface area (Å²) in [5.74, 6) is 0.521. The number of benzene rings is 1. The Hall–Kier alpha value is -2.55. The Morgan fingerprint density at radius 2 is 2.25 bits per heavy atom. The molecule has 0 fully saturated rings. The molecule has 0 bridgehead atoms. The van der Waals surface area contributed by atoms with E-state index in [1.54, 1.807) is 30.3 Å². The smallest absolute Gasteiger partial charge is 0.302 e. The highest BCUT2D eigenvalue weighted by molar-refractivity contribution is 5.69. The monoisotopic (exact) mass is 217 g/mol. The van der Waals surface area contributed by atoms with Crippen LogP contribution >= 0.6 is 0 Å². The molecule has 0 atom stereocenters. The van der Waals surface area contributed by atoms with E-state index in [1.165, 1.54) is 7.11 Å². The molecule has 2 aromatic rings. The van der Waals surface area contributed by atoms with Gasteiger partial charge in [0.05, 0.1) is 12.7 Å². The number of nitriles is 1. The van der Waals surface area contributed by atoms with Crippen LogP contribution in [0.4, 0.5) is 0 Å². The SMILES string of the molecule is COc1ccccc1-c1no[n+]([O-])c1C#N. The molecule has 0 aliphatic rings. The van der Waals surface area contributed by atoms with Crippen LogP contribution in [0.15, 0.2) is 28.9 Å². The van der Waals surface area contributed by atoms with Crippen LogP contribution in [0.3, 0.4) is 0 Å². The minimum Gasteiger partial charge on any atom is -0.496 e. The van der Waals surface area contributed by atoms with Gasteiger partial charge < -0.3 is 9.94 Å². The molecule has 1 aromatic carbocycles. The number of aromatic nitrogens is 2. The average Bonchev–Trinajstić information content (AvgIpc) is 2.70. The summed E-state index contributed by atoms with van der Waals surface area (Å²) in [4.78, 5) is 0.0712. The molecule has 6 heteroatoms. The first-order valence-corrected chi connectivity index (χ1v) is 4.41. The van der Waals surface area contributed by atoms with Crippen LogP contribution in [0, 0.1) is 16.5 Å². The van der Waals surface area contributed by atoms with Gasteiger partial charge >= 0.3 is 5.69 Å². The van der Waals surface area contributed by atoms with Gasteiger partial charge in [0.2, 0.25) is 0 Å². The summed E-state index contributed by atoms with van der Waals surface area (Å²) in [5, 5.41) is 23.4. The molecule has 0 spiro atoms. The zero-order chi connectivity index (χ0) is 11.5. The van der Waals surface area contributed by atoms with Crippen molar-refractivity contribution in [3.05, 3.63) is 35.2 Å². The molecule has 80 valence electrons. The third-order valence-electron chi connectivity index (χ3n) is 2.08. The van der Waals surface area contributed by atoms with Gasteiger partial charge in [-0.15, -0.1) is 0 Å². The molecule has 0 saturated carbocycles. The molecule has 0 unspecified atom stereocenters. The van der Waals surface area contributed by atoms with Crippen molar-refractivity contribution >= 4 is 0 Å². The van der Waals surface area contributed by atoms with E-state index in [0.717, 1.165) is 0 Å². The molecule has 0 aliphatic heterocycles. The molecule has 0 amide bonds. The van der Waals surface area contributed by atoms with Gasteiger partial charge in [0.15, 0.2) is 6.07 Å². The van der Waals surface area contributed by atoms with Gasteiger partial charge in [-0.25, -0.2) is 0 Å². The zero-order valence-corrected chi connectivity index (χ0v) is 8.38. The number of rotatable bonds is 2. The fourth-order valence-electron chi connectivity index (χ4n) is 1.36. The Kier molecular flexibility index (Phi) is 2.44. The number of hydrogen-bond donors (Lipinski definition) is 0. The second kappa shape index (κ2) is 3.90. The molecule has 0 N–H and O–H groups in total. The molecule has 1 aromatic heterocycles. The summed E-state index contributed by atoms with van der Waals surface area (Å²) < 4.78 is 9.48. The summed E-state index contributed by atoms with van der Waals surface area (Å²) >= 11 is 0. The number of para-hydroxylation sites is 1. The van der Waals surface area contributed by atoms with Crippen LogP contribution < -0.4 is 9.64 Å².